The second kappa shape index (κ2) is 5.39. The highest BCUT2D eigenvalue weighted by atomic mass is 19.4. The molecule has 2 aromatic rings. The van der Waals surface area contributed by atoms with E-state index in [2.05, 4.69) is 9.97 Å². The van der Waals surface area contributed by atoms with Gasteiger partial charge in [0.1, 0.15) is 5.69 Å². The van der Waals surface area contributed by atoms with Crippen molar-refractivity contribution in [1.29, 1.82) is 5.41 Å². The highest BCUT2D eigenvalue weighted by Gasteiger charge is 2.33. The van der Waals surface area contributed by atoms with Gasteiger partial charge in [0.2, 0.25) is 5.88 Å². The molecule has 2 rings (SSSR count). The van der Waals surface area contributed by atoms with E-state index in [0.717, 1.165) is 12.3 Å². The van der Waals surface area contributed by atoms with Crippen LogP contribution >= 0.6 is 0 Å². The third kappa shape index (κ3) is 2.93. The molecule has 0 fully saturated rings. The van der Waals surface area contributed by atoms with Gasteiger partial charge in [-0.3, -0.25) is 10.4 Å². The number of ether oxygens (including phenoxy) is 1. The fraction of sp³-hybridized carbons (Fsp3) is 0.154. The number of hydrogen-bond donors (Lipinski definition) is 2. The van der Waals surface area contributed by atoms with Gasteiger partial charge in [0, 0.05) is 23.6 Å². The van der Waals surface area contributed by atoms with Crippen LogP contribution in [0.3, 0.4) is 0 Å². The second-order valence-electron chi connectivity index (χ2n) is 4.09. The summed E-state index contributed by atoms with van der Waals surface area (Å²) in [4.78, 5) is 7.15. The van der Waals surface area contributed by atoms with Gasteiger partial charge in [-0.1, -0.05) is 0 Å². The summed E-state index contributed by atoms with van der Waals surface area (Å²) in [6, 6.07) is 3.52. The first kappa shape index (κ1) is 14.8. The molecule has 3 N–H and O–H groups in total. The fourth-order valence-corrected chi connectivity index (χ4v) is 1.75. The van der Waals surface area contributed by atoms with Crippen LogP contribution in [0.25, 0.3) is 0 Å². The molecule has 0 amide bonds. The summed E-state index contributed by atoms with van der Waals surface area (Å²) in [5.41, 5.74) is 4.82. The molecule has 0 bridgehead atoms. The van der Waals surface area contributed by atoms with E-state index in [1.54, 1.807) is 0 Å². The van der Waals surface area contributed by atoms with Gasteiger partial charge in [0.25, 0.3) is 0 Å². The van der Waals surface area contributed by atoms with Gasteiger partial charge in [-0.05, 0) is 18.2 Å². The third-order valence-electron chi connectivity index (χ3n) is 2.73. The molecule has 0 aliphatic rings. The van der Waals surface area contributed by atoms with E-state index < -0.39 is 11.9 Å². The topological polar surface area (TPSA) is 84.9 Å². The van der Waals surface area contributed by atoms with Gasteiger partial charge in [0.05, 0.1) is 18.4 Å². The first-order valence-electron chi connectivity index (χ1n) is 5.75. The standard InChI is InChI=1S/C13H11F3N4O/c1-21-12-10(8(17)3-5-20-12)11(18)7-2-4-19-9(6-7)13(14,15)16/h2-6,18H,1H3,(H2,17,20). The molecule has 0 aliphatic carbocycles. The van der Waals surface area contributed by atoms with Crippen LogP contribution in [0.1, 0.15) is 16.8 Å². The van der Waals surface area contributed by atoms with Crippen molar-refractivity contribution in [1.82, 2.24) is 9.97 Å². The highest BCUT2D eigenvalue weighted by Crippen LogP contribution is 2.29. The van der Waals surface area contributed by atoms with Crippen molar-refractivity contribution in [3.63, 3.8) is 0 Å². The molecule has 0 radical (unpaired) electrons. The average molecular weight is 296 g/mol. The van der Waals surface area contributed by atoms with Crippen LogP contribution in [0.15, 0.2) is 30.6 Å². The Morgan fingerprint density at radius 2 is 1.90 bits per heavy atom. The minimum atomic E-state index is -4.58. The van der Waals surface area contributed by atoms with Crippen LogP contribution in [0.5, 0.6) is 5.88 Å². The molecule has 2 heterocycles. The number of halogens is 3. The Morgan fingerprint density at radius 1 is 1.24 bits per heavy atom. The Morgan fingerprint density at radius 3 is 2.52 bits per heavy atom. The van der Waals surface area contributed by atoms with Crippen molar-refractivity contribution in [2.75, 3.05) is 12.8 Å². The molecule has 0 saturated heterocycles. The van der Waals surface area contributed by atoms with Gasteiger partial charge in [-0.2, -0.15) is 13.2 Å². The first-order valence-corrected chi connectivity index (χ1v) is 5.75. The van der Waals surface area contributed by atoms with Gasteiger partial charge >= 0.3 is 6.18 Å². The maximum Gasteiger partial charge on any atom is 0.433 e. The van der Waals surface area contributed by atoms with Crippen LogP contribution < -0.4 is 10.5 Å². The van der Waals surface area contributed by atoms with Crippen LogP contribution in [-0.4, -0.2) is 22.8 Å². The zero-order chi connectivity index (χ0) is 15.6. The van der Waals surface area contributed by atoms with Gasteiger partial charge < -0.3 is 10.5 Å². The largest absolute Gasteiger partial charge is 0.480 e. The Hall–Kier alpha value is -2.64. The smallest absolute Gasteiger partial charge is 0.433 e. The van der Waals surface area contributed by atoms with Crippen LogP contribution in [0, 0.1) is 5.41 Å². The average Bonchev–Trinajstić information content (AvgIpc) is 2.45. The molecule has 0 aliphatic heterocycles. The molecular weight excluding hydrogens is 285 g/mol. The number of aromatic nitrogens is 2. The van der Waals surface area contributed by atoms with Gasteiger partial charge in [-0.15, -0.1) is 0 Å². The summed E-state index contributed by atoms with van der Waals surface area (Å²) < 4.78 is 43.0. The fourth-order valence-electron chi connectivity index (χ4n) is 1.75. The number of anilines is 1. The predicted molar refractivity (Wildman–Crippen MR) is 70.4 cm³/mol. The molecule has 0 aromatic carbocycles. The highest BCUT2D eigenvalue weighted by molar-refractivity contribution is 6.15. The zero-order valence-corrected chi connectivity index (χ0v) is 10.9. The van der Waals surface area contributed by atoms with Gasteiger partial charge in [-0.25, -0.2) is 4.98 Å². The lowest BCUT2D eigenvalue weighted by Crippen LogP contribution is -2.12. The molecular formula is C13H11F3N4O. The molecule has 21 heavy (non-hydrogen) atoms. The molecule has 0 spiro atoms. The SMILES string of the molecule is COc1nccc(N)c1C(=N)c1ccnc(C(F)(F)F)c1. The molecule has 5 nitrogen and oxygen atoms in total. The number of rotatable bonds is 3. The van der Waals surface area contributed by atoms with E-state index >= 15 is 0 Å². The zero-order valence-electron chi connectivity index (χ0n) is 10.9. The number of methoxy groups -OCH3 is 1. The van der Waals surface area contributed by atoms with Crippen molar-refractivity contribution >= 4 is 11.4 Å². The molecule has 2 aromatic heterocycles. The van der Waals surface area contributed by atoms with Crippen molar-refractivity contribution in [3.8, 4) is 5.88 Å². The normalized spacial score (nSPS) is 11.2. The van der Waals surface area contributed by atoms with Gasteiger partial charge in [0.15, 0.2) is 0 Å². The van der Waals surface area contributed by atoms with Crippen molar-refractivity contribution in [2.24, 2.45) is 0 Å². The summed E-state index contributed by atoms with van der Waals surface area (Å²) in [6.45, 7) is 0. The third-order valence-corrected chi connectivity index (χ3v) is 2.73. The van der Waals surface area contributed by atoms with E-state index in [4.69, 9.17) is 15.9 Å². The Balaban J connectivity index is 2.51. The monoisotopic (exact) mass is 296 g/mol. The number of nitrogens with two attached hydrogens (primary N) is 1. The predicted octanol–water partition coefficient (Wildman–Crippen LogP) is 2.50. The Labute approximate surface area is 118 Å². The summed E-state index contributed by atoms with van der Waals surface area (Å²) >= 11 is 0. The first-order chi connectivity index (χ1) is 9.84. The number of pyridine rings is 2. The number of hydrogen-bond acceptors (Lipinski definition) is 5. The second-order valence-corrected chi connectivity index (χ2v) is 4.09. The molecule has 110 valence electrons. The minimum Gasteiger partial charge on any atom is -0.480 e. The lowest BCUT2D eigenvalue weighted by Gasteiger charge is -2.12. The summed E-state index contributed by atoms with van der Waals surface area (Å²) in [5, 5.41) is 8.06. The van der Waals surface area contributed by atoms with E-state index in [1.807, 2.05) is 0 Å². The Bertz CT molecular complexity index is 685. The maximum absolute atomic E-state index is 12.7. The van der Waals surface area contributed by atoms with E-state index in [9.17, 15) is 13.2 Å². The van der Waals surface area contributed by atoms with Crippen molar-refractivity contribution in [2.45, 2.75) is 6.18 Å². The van der Waals surface area contributed by atoms with E-state index in [1.165, 1.54) is 25.4 Å². The number of alkyl halides is 3. The van der Waals surface area contributed by atoms with E-state index in [-0.39, 0.29) is 28.4 Å². The minimum absolute atomic E-state index is 0.0234. The molecule has 8 heteroatoms. The lowest BCUT2D eigenvalue weighted by molar-refractivity contribution is -0.141. The summed E-state index contributed by atoms with van der Waals surface area (Å²) in [7, 11) is 1.34. The number of nitrogens with one attached hydrogen (secondary N) is 1. The van der Waals surface area contributed by atoms with E-state index in [0.29, 0.717) is 0 Å². The molecule has 0 unspecified atom stereocenters. The Kier molecular flexibility index (Phi) is 3.79. The summed E-state index contributed by atoms with van der Waals surface area (Å²) in [6.07, 6.45) is -2.20. The number of nitrogen functional groups attached to an aromatic ring is 1. The lowest BCUT2D eigenvalue weighted by atomic mass is 10.0. The molecule has 0 atom stereocenters. The van der Waals surface area contributed by atoms with Crippen LogP contribution in [0.4, 0.5) is 18.9 Å². The van der Waals surface area contributed by atoms with Crippen molar-refractivity contribution in [3.05, 3.63) is 47.4 Å². The quantitative estimate of drug-likeness (QED) is 0.852. The molecule has 0 saturated carbocycles. The maximum atomic E-state index is 12.7. The van der Waals surface area contributed by atoms with Crippen LogP contribution in [0.2, 0.25) is 0 Å². The number of nitrogens with zero attached hydrogens (tertiary/aromatic N) is 2. The van der Waals surface area contributed by atoms with Crippen molar-refractivity contribution < 1.29 is 17.9 Å². The van der Waals surface area contributed by atoms with Crippen LogP contribution in [-0.2, 0) is 6.18 Å². The summed E-state index contributed by atoms with van der Waals surface area (Å²) in [5.74, 6) is 0.0744.